The normalized spacial score (nSPS) is 11.5. The molecule has 0 saturated carbocycles. The summed E-state index contributed by atoms with van der Waals surface area (Å²) in [4.78, 5) is 11.4. The van der Waals surface area contributed by atoms with E-state index in [0.717, 1.165) is 5.56 Å². The summed E-state index contributed by atoms with van der Waals surface area (Å²) in [5.74, 6) is -0.541. The van der Waals surface area contributed by atoms with Gasteiger partial charge >= 0.3 is 5.97 Å². The van der Waals surface area contributed by atoms with Crippen LogP contribution in [0.3, 0.4) is 0 Å². The lowest BCUT2D eigenvalue weighted by Crippen LogP contribution is -2.09. The van der Waals surface area contributed by atoms with Crippen molar-refractivity contribution in [2.45, 2.75) is 26.4 Å². The number of carbonyl (C=O) groups is 1. The van der Waals surface area contributed by atoms with E-state index in [0.29, 0.717) is 6.42 Å². The molecule has 0 unspecified atom stereocenters. The van der Waals surface area contributed by atoms with Crippen LogP contribution in [0.25, 0.3) is 0 Å². The second-order valence-corrected chi connectivity index (χ2v) is 3.58. The largest absolute Gasteiger partial charge is 0.461 e. The van der Waals surface area contributed by atoms with Crippen molar-refractivity contribution < 1.29 is 9.53 Å². The minimum Gasteiger partial charge on any atom is -0.461 e. The Morgan fingerprint density at radius 1 is 1.44 bits per heavy atom. The highest BCUT2D eigenvalue weighted by molar-refractivity contribution is 5.70. The number of benzene rings is 1. The average molecular weight is 217 g/mol. The standard InChI is InChI=1S/C13H15NO2/c1-2-11(9-14)8-13(15)16-10-12-6-4-3-5-7-12/h3-7,11H,2,8,10H2,1H3/t11-/m1/s1. The van der Waals surface area contributed by atoms with Crippen molar-refractivity contribution in [2.24, 2.45) is 5.92 Å². The van der Waals surface area contributed by atoms with Crippen LogP contribution in [0.15, 0.2) is 30.3 Å². The fourth-order valence-electron chi connectivity index (χ4n) is 1.28. The van der Waals surface area contributed by atoms with Gasteiger partial charge in [-0.3, -0.25) is 4.79 Å². The van der Waals surface area contributed by atoms with Crippen LogP contribution in [0.4, 0.5) is 0 Å². The van der Waals surface area contributed by atoms with Gasteiger partial charge in [0.25, 0.3) is 0 Å². The first-order chi connectivity index (χ1) is 7.76. The number of hydrogen-bond acceptors (Lipinski definition) is 3. The van der Waals surface area contributed by atoms with Gasteiger partial charge in [0.15, 0.2) is 0 Å². The molecule has 0 bridgehead atoms. The molecule has 0 amide bonds. The summed E-state index contributed by atoms with van der Waals surface area (Å²) in [5, 5.41) is 8.70. The van der Waals surface area contributed by atoms with E-state index in [2.05, 4.69) is 6.07 Å². The van der Waals surface area contributed by atoms with Gasteiger partial charge in [-0.1, -0.05) is 37.3 Å². The minimum atomic E-state index is -0.308. The van der Waals surface area contributed by atoms with Crippen molar-refractivity contribution in [1.82, 2.24) is 0 Å². The lowest BCUT2D eigenvalue weighted by molar-refractivity contribution is -0.145. The maximum atomic E-state index is 11.4. The number of rotatable bonds is 5. The highest BCUT2D eigenvalue weighted by atomic mass is 16.5. The minimum absolute atomic E-state index is 0.180. The topological polar surface area (TPSA) is 50.1 Å². The predicted octanol–water partition coefficient (Wildman–Crippen LogP) is 2.67. The van der Waals surface area contributed by atoms with Crippen molar-refractivity contribution in [3.8, 4) is 6.07 Å². The molecule has 3 heteroatoms. The number of hydrogen-bond donors (Lipinski definition) is 0. The van der Waals surface area contributed by atoms with Crippen LogP contribution in [0.5, 0.6) is 0 Å². The molecule has 0 fully saturated rings. The van der Waals surface area contributed by atoms with Crippen LogP contribution >= 0.6 is 0 Å². The summed E-state index contributed by atoms with van der Waals surface area (Å²) in [6.45, 7) is 2.17. The molecule has 0 heterocycles. The number of ether oxygens (including phenoxy) is 1. The molecule has 1 aromatic rings. The van der Waals surface area contributed by atoms with Gasteiger partial charge in [-0.25, -0.2) is 0 Å². The summed E-state index contributed by atoms with van der Waals surface area (Å²) in [5.41, 5.74) is 0.959. The van der Waals surface area contributed by atoms with Gasteiger partial charge in [-0.15, -0.1) is 0 Å². The quantitative estimate of drug-likeness (QED) is 0.712. The Labute approximate surface area is 95.7 Å². The zero-order valence-electron chi connectivity index (χ0n) is 9.35. The molecular formula is C13H15NO2. The molecule has 0 radical (unpaired) electrons. The van der Waals surface area contributed by atoms with Crippen molar-refractivity contribution >= 4 is 5.97 Å². The first-order valence-corrected chi connectivity index (χ1v) is 5.35. The lowest BCUT2D eigenvalue weighted by atomic mass is 10.1. The summed E-state index contributed by atoms with van der Waals surface area (Å²) >= 11 is 0. The molecule has 1 atom stereocenters. The van der Waals surface area contributed by atoms with E-state index in [1.54, 1.807) is 0 Å². The summed E-state index contributed by atoms with van der Waals surface area (Å²) < 4.78 is 5.07. The molecule has 1 aromatic carbocycles. The van der Waals surface area contributed by atoms with Crippen LogP contribution in [-0.2, 0) is 16.1 Å². The van der Waals surface area contributed by atoms with Gasteiger partial charge in [0.1, 0.15) is 6.61 Å². The number of carbonyl (C=O) groups excluding carboxylic acids is 1. The van der Waals surface area contributed by atoms with E-state index in [-0.39, 0.29) is 24.9 Å². The molecule has 0 saturated heterocycles. The van der Waals surface area contributed by atoms with Gasteiger partial charge < -0.3 is 4.74 Å². The third kappa shape index (κ3) is 4.14. The number of esters is 1. The van der Waals surface area contributed by atoms with Gasteiger partial charge in [-0.2, -0.15) is 5.26 Å². The Kier molecular flexibility index (Phi) is 5.07. The molecule has 0 aliphatic carbocycles. The van der Waals surface area contributed by atoms with E-state index < -0.39 is 0 Å². The molecule has 16 heavy (non-hydrogen) atoms. The van der Waals surface area contributed by atoms with E-state index in [1.807, 2.05) is 37.3 Å². The summed E-state index contributed by atoms with van der Waals surface area (Å²) in [7, 11) is 0. The average Bonchev–Trinajstić information content (AvgIpc) is 2.34. The van der Waals surface area contributed by atoms with Crippen LogP contribution < -0.4 is 0 Å². The van der Waals surface area contributed by atoms with E-state index in [4.69, 9.17) is 10.00 Å². The molecule has 0 aromatic heterocycles. The van der Waals surface area contributed by atoms with Gasteiger partial charge in [-0.05, 0) is 12.0 Å². The first kappa shape index (κ1) is 12.3. The first-order valence-electron chi connectivity index (χ1n) is 5.35. The Bertz CT molecular complexity index is 367. The Balaban J connectivity index is 2.34. The monoisotopic (exact) mass is 217 g/mol. The molecule has 1 rings (SSSR count). The fourth-order valence-corrected chi connectivity index (χ4v) is 1.28. The van der Waals surface area contributed by atoms with Gasteiger partial charge in [0, 0.05) is 0 Å². The van der Waals surface area contributed by atoms with E-state index in [9.17, 15) is 4.79 Å². The van der Waals surface area contributed by atoms with Crippen molar-refractivity contribution in [1.29, 1.82) is 5.26 Å². The van der Waals surface area contributed by atoms with Crippen LogP contribution in [0.1, 0.15) is 25.3 Å². The summed E-state index contributed by atoms with van der Waals surface area (Å²) in [6, 6.07) is 11.6. The van der Waals surface area contributed by atoms with Crippen LogP contribution in [-0.4, -0.2) is 5.97 Å². The number of nitriles is 1. The van der Waals surface area contributed by atoms with Gasteiger partial charge in [0.05, 0.1) is 18.4 Å². The van der Waals surface area contributed by atoms with Gasteiger partial charge in [0.2, 0.25) is 0 Å². The van der Waals surface area contributed by atoms with Crippen LogP contribution in [0.2, 0.25) is 0 Å². The Hall–Kier alpha value is -1.82. The maximum absolute atomic E-state index is 11.4. The zero-order valence-corrected chi connectivity index (χ0v) is 9.35. The molecule has 0 aliphatic rings. The van der Waals surface area contributed by atoms with Crippen molar-refractivity contribution in [3.63, 3.8) is 0 Å². The second kappa shape index (κ2) is 6.62. The predicted molar refractivity (Wildman–Crippen MR) is 60.2 cm³/mol. The fraction of sp³-hybridized carbons (Fsp3) is 0.385. The van der Waals surface area contributed by atoms with Crippen molar-refractivity contribution in [2.75, 3.05) is 0 Å². The molecule has 0 spiro atoms. The third-order valence-electron chi connectivity index (χ3n) is 2.33. The zero-order chi connectivity index (χ0) is 11.8. The lowest BCUT2D eigenvalue weighted by Gasteiger charge is -2.06. The smallest absolute Gasteiger partial charge is 0.307 e. The molecule has 3 nitrogen and oxygen atoms in total. The highest BCUT2D eigenvalue weighted by Crippen LogP contribution is 2.09. The third-order valence-corrected chi connectivity index (χ3v) is 2.33. The highest BCUT2D eigenvalue weighted by Gasteiger charge is 2.12. The SMILES string of the molecule is CC[C@@H](C#N)CC(=O)OCc1ccccc1. The second-order valence-electron chi connectivity index (χ2n) is 3.58. The molecule has 0 N–H and O–H groups in total. The Morgan fingerprint density at radius 3 is 2.69 bits per heavy atom. The summed E-state index contributed by atoms with van der Waals surface area (Å²) in [6.07, 6.45) is 0.858. The van der Waals surface area contributed by atoms with Crippen molar-refractivity contribution in [3.05, 3.63) is 35.9 Å². The molecule has 0 aliphatic heterocycles. The van der Waals surface area contributed by atoms with E-state index >= 15 is 0 Å². The maximum Gasteiger partial charge on any atom is 0.307 e. The molecule has 84 valence electrons. The van der Waals surface area contributed by atoms with E-state index in [1.165, 1.54) is 0 Å². The Morgan fingerprint density at radius 2 is 2.12 bits per heavy atom. The van der Waals surface area contributed by atoms with Crippen LogP contribution in [0, 0.1) is 17.2 Å². The molecular weight excluding hydrogens is 202 g/mol. The number of nitrogens with zero attached hydrogens (tertiary/aromatic N) is 1.